The summed E-state index contributed by atoms with van der Waals surface area (Å²) in [5.41, 5.74) is 0.639. The average Bonchev–Trinajstić information content (AvgIpc) is 3.34. The van der Waals surface area contributed by atoms with Crippen molar-refractivity contribution in [3.05, 3.63) is 65.7 Å². The minimum absolute atomic E-state index is 0.0833. The van der Waals surface area contributed by atoms with Gasteiger partial charge in [-0.2, -0.15) is 18.2 Å². The molecule has 0 saturated carbocycles. The largest absolute Gasteiger partial charge is 0.416 e. The molecule has 1 aliphatic heterocycles. The molecular weight excluding hydrogens is 413 g/mol. The third-order valence-electron chi connectivity index (χ3n) is 5.24. The molecule has 1 fully saturated rings. The lowest BCUT2D eigenvalue weighted by Crippen LogP contribution is -2.49. The summed E-state index contributed by atoms with van der Waals surface area (Å²) in [7, 11) is 0. The van der Waals surface area contributed by atoms with Crippen LogP contribution >= 0.6 is 0 Å². The number of benzene rings is 2. The number of carbonyl (C=O) groups is 1. The van der Waals surface area contributed by atoms with E-state index >= 15 is 0 Å². The summed E-state index contributed by atoms with van der Waals surface area (Å²) >= 11 is 0. The Morgan fingerprint density at radius 1 is 1.06 bits per heavy atom. The SMILES string of the molecule is O=C(Cc1noc2ccccc12)N1CC(c2nc(-c3cccc(C(F)(F)F)c3)no2)C1. The number of para-hydroxylation sites is 1. The quantitative estimate of drug-likeness (QED) is 0.487. The first-order chi connectivity index (χ1) is 14.9. The summed E-state index contributed by atoms with van der Waals surface area (Å²) in [5.74, 6) is 0.112. The van der Waals surface area contributed by atoms with Crippen LogP contribution in [-0.2, 0) is 17.4 Å². The van der Waals surface area contributed by atoms with E-state index in [1.54, 1.807) is 11.0 Å². The van der Waals surface area contributed by atoms with Crippen LogP contribution in [0.1, 0.15) is 23.1 Å². The highest BCUT2D eigenvalue weighted by Crippen LogP contribution is 2.33. The average molecular weight is 428 g/mol. The number of amides is 1. The summed E-state index contributed by atoms with van der Waals surface area (Å²) in [6.07, 6.45) is -4.34. The minimum atomic E-state index is -4.45. The summed E-state index contributed by atoms with van der Waals surface area (Å²) in [6.45, 7) is 0.775. The maximum absolute atomic E-state index is 12.9. The molecule has 5 rings (SSSR count). The van der Waals surface area contributed by atoms with Crippen molar-refractivity contribution in [2.75, 3.05) is 13.1 Å². The Morgan fingerprint density at radius 2 is 1.87 bits per heavy atom. The normalized spacial score (nSPS) is 14.7. The van der Waals surface area contributed by atoms with Gasteiger partial charge in [0.25, 0.3) is 0 Å². The van der Waals surface area contributed by atoms with Gasteiger partial charge in [0.1, 0.15) is 5.69 Å². The minimum Gasteiger partial charge on any atom is -0.356 e. The van der Waals surface area contributed by atoms with Gasteiger partial charge in [0.05, 0.1) is 17.9 Å². The first-order valence-electron chi connectivity index (χ1n) is 9.51. The van der Waals surface area contributed by atoms with Crippen LogP contribution < -0.4 is 0 Å². The molecule has 0 bridgehead atoms. The van der Waals surface area contributed by atoms with Gasteiger partial charge in [-0.1, -0.05) is 34.6 Å². The Balaban J connectivity index is 1.23. The van der Waals surface area contributed by atoms with Crippen LogP contribution in [0.5, 0.6) is 0 Å². The van der Waals surface area contributed by atoms with E-state index in [2.05, 4.69) is 15.3 Å². The van der Waals surface area contributed by atoms with Gasteiger partial charge in [-0.25, -0.2) is 0 Å². The number of halogens is 3. The van der Waals surface area contributed by atoms with Crippen molar-refractivity contribution in [3.63, 3.8) is 0 Å². The zero-order chi connectivity index (χ0) is 21.6. The van der Waals surface area contributed by atoms with Gasteiger partial charge in [0.2, 0.25) is 17.6 Å². The monoisotopic (exact) mass is 428 g/mol. The van der Waals surface area contributed by atoms with E-state index in [4.69, 9.17) is 9.05 Å². The number of hydrogen-bond donors (Lipinski definition) is 0. The number of alkyl halides is 3. The molecule has 0 unspecified atom stereocenters. The molecular formula is C21H15F3N4O3. The molecule has 0 aliphatic carbocycles. The molecule has 158 valence electrons. The van der Waals surface area contributed by atoms with E-state index < -0.39 is 11.7 Å². The number of fused-ring (bicyclic) bond motifs is 1. The second-order valence-electron chi connectivity index (χ2n) is 7.33. The van der Waals surface area contributed by atoms with Crippen molar-refractivity contribution in [2.24, 2.45) is 0 Å². The molecule has 3 heterocycles. The lowest BCUT2D eigenvalue weighted by molar-refractivity contribution is -0.137. The summed E-state index contributed by atoms with van der Waals surface area (Å²) in [5, 5.41) is 8.57. The molecule has 0 spiro atoms. The van der Waals surface area contributed by atoms with Gasteiger partial charge in [-0.05, 0) is 24.3 Å². The van der Waals surface area contributed by atoms with Gasteiger partial charge in [0.15, 0.2) is 5.58 Å². The highest BCUT2D eigenvalue weighted by atomic mass is 19.4. The van der Waals surface area contributed by atoms with Gasteiger partial charge >= 0.3 is 6.18 Å². The van der Waals surface area contributed by atoms with Crippen molar-refractivity contribution in [2.45, 2.75) is 18.5 Å². The van der Waals surface area contributed by atoms with Crippen LogP contribution in [0.2, 0.25) is 0 Å². The van der Waals surface area contributed by atoms with Crippen LogP contribution in [0, 0.1) is 0 Å². The Bertz CT molecular complexity index is 1260. The second-order valence-corrected chi connectivity index (χ2v) is 7.33. The number of nitrogens with zero attached hydrogens (tertiary/aromatic N) is 4. The van der Waals surface area contributed by atoms with E-state index in [0.717, 1.165) is 17.5 Å². The second kappa shape index (κ2) is 7.22. The molecule has 1 aliphatic rings. The maximum atomic E-state index is 12.9. The summed E-state index contributed by atoms with van der Waals surface area (Å²) in [4.78, 5) is 18.4. The predicted octanol–water partition coefficient (Wildman–Crippen LogP) is 4.07. The molecule has 7 nitrogen and oxygen atoms in total. The van der Waals surface area contributed by atoms with Crippen molar-refractivity contribution in [3.8, 4) is 11.4 Å². The van der Waals surface area contributed by atoms with Crippen LogP contribution in [0.4, 0.5) is 13.2 Å². The standard InChI is InChI=1S/C21H15F3N4O3/c22-21(23,24)14-5-3-4-12(8-14)19-25-20(31-27-19)13-10-28(11-13)18(29)9-16-15-6-1-2-7-17(15)30-26-16/h1-8,13H,9-11H2. The molecule has 0 atom stereocenters. The van der Waals surface area contributed by atoms with E-state index in [-0.39, 0.29) is 29.6 Å². The highest BCUT2D eigenvalue weighted by molar-refractivity contribution is 5.86. The Kier molecular flexibility index (Phi) is 4.49. The summed E-state index contributed by atoms with van der Waals surface area (Å²) < 4.78 is 49.2. The number of aromatic nitrogens is 3. The first-order valence-corrected chi connectivity index (χ1v) is 9.51. The van der Waals surface area contributed by atoms with Crippen molar-refractivity contribution in [1.29, 1.82) is 0 Å². The molecule has 2 aromatic heterocycles. The molecule has 2 aromatic carbocycles. The van der Waals surface area contributed by atoms with Gasteiger partial charge < -0.3 is 13.9 Å². The zero-order valence-corrected chi connectivity index (χ0v) is 16.0. The molecule has 10 heteroatoms. The maximum Gasteiger partial charge on any atom is 0.416 e. The Hall–Kier alpha value is -3.69. The molecule has 1 saturated heterocycles. The number of hydrogen-bond acceptors (Lipinski definition) is 6. The van der Waals surface area contributed by atoms with Gasteiger partial charge in [0, 0.05) is 24.0 Å². The van der Waals surface area contributed by atoms with Gasteiger partial charge in [-0.3, -0.25) is 4.79 Å². The van der Waals surface area contributed by atoms with Crippen molar-refractivity contribution < 1.29 is 27.0 Å². The Labute approximate surface area is 173 Å². The fraction of sp³-hybridized carbons (Fsp3) is 0.238. The van der Waals surface area contributed by atoms with Crippen LogP contribution in [0.15, 0.2) is 57.6 Å². The van der Waals surface area contributed by atoms with Crippen LogP contribution in [-0.4, -0.2) is 39.2 Å². The fourth-order valence-corrected chi connectivity index (χ4v) is 3.51. The topological polar surface area (TPSA) is 85.3 Å². The van der Waals surface area contributed by atoms with Gasteiger partial charge in [-0.15, -0.1) is 0 Å². The lowest BCUT2D eigenvalue weighted by Gasteiger charge is -2.37. The predicted molar refractivity (Wildman–Crippen MR) is 102 cm³/mol. The highest BCUT2D eigenvalue weighted by Gasteiger charge is 2.36. The number of rotatable bonds is 4. The number of likely N-dealkylation sites (tertiary alicyclic amines) is 1. The fourth-order valence-electron chi connectivity index (χ4n) is 3.51. The molecule has 0 N–H and O–H groups in total. The van der Waals surface area contributed by atoms with Crippen molar-refractivity contribution in [1.82, 2.24) is 20.2 Å². The van der Waals surface area contributed by atoms with E-state index in [9.17, 15) is 18.0 Å². The number of carbonyl (C=O) groups excluding carboxylic acids is 1. The molecule has 1 amide bonds. The van der Waals surface area contributed by atoms with E-state index in [1.165, 1.54) is 12.1 Å². The molecule has 31 heavy (non-hydrogen) atoms. The third kappa shape index (κ3) is 3.65. The van der Waals surface area contributed by atoms with Crippen LogP contribution in [0.25, 0.3) is 22.4 Å². The zero-order valence-electron chi connectivity index (χ0n) is 16.0. The van der Waals surface area contributed by atoms with E-state index in [0.29, 0.717) is 30.3 Å². The van der Waals surface area contributed by atoms with E-state index in [1.807, 2.05) is 18.2 Å². The molecule has 0 radical (unpaired) electrons. The van der Waals surface area contributed by atoms with Crippen molar-refractivity contribution >= 4 is 16.9 Å². The smallest absolute Gasteiger partial charge is 0.356 e. The van der Waals surface area contributed by atoms with Crippen LogP contribution in [0.3, 0.4) is 0 Å². The lowest BCUT2D eigenvalue weighted by atomic mass is 9.99. The molecule has 4 aromatic rings. The Morgan fingerprint density at radius 3 is 2.68 bits per heavy atom. The summed E-state index contributed by atoms with van der Waals surface area (Å²) in [6, 6.07) is 12.1. The first kappa shape index (κ1) is 19.3. The third-order valence-corrected chi connectivity index (χ3v) is 5.24.